The van der Waals surface area contributed by atoms with E-state index in [4.69, 9.17) is 37.5 Å². The summed E-state index contributed by atoms with van der Waals surface area (Å²) in [6.45, 7) is 4.70. The minimum atomic E-state index is -0.821. The van der Waals surface area contributed by atoms with Gasteiger partial charge in [-0.2, -0.15) is 10.5 Å². The zero-order chi connectivity index (χ0) is 37.6. The van der Waals surface area contributed by atoms with Crippen molar-refractivity contribution in [1.29, 1.82) is 10.5 Å². The highest BCUT2D eigenvalue weighted by molar-refractivity contribution is 7.98. The molecule has 0 saturated carbocycles. The van der Waals surface area contributed by atoms with E-state index in [1.165, 1.54) is 23.1 Å². The first-order chi connectivity index (χ1) is 25.0. The van der Waals surface area contributed by atoms with E-state index in [1.807, 2.05) is 43.5 Å². The summed E-state index contributed by atoms with van der Waals surface area (Å²) in [6.07, 6.45) is 2.59. The van der Waals surface area contributed by atoms with Crippen LogP contribution in [0.15, 0.2) is 58.9 Å². The minimum Gasteiger partial charge on any atom is -0.490 e. The summed E-state index contributed by atoms with van der Waals surface area (Å²) < 4.78 is 11.2. The molecule has 4 rings (SSSR count). The number of anilines is 1. The first-order valence-electron chi connectivity index (χ1n) is 16.8. The number of rotatable bonds is 18. The molecule has 0 spiro atoms. The Morgan fingerprint density at radius 3 is 2.37 bits per heavy atom. The van der Waals surface area contributed by atoms with Crippen LogP contribution in [0.3, 0.4) is 0 Å². The van der Waals surface area contributed by atoms with Crippen LogP contribution >= 0.6 is 34.7 Å². The van der Waals surface area contributed by atoms with Gasteiger partial charge in [-0.3, -0.25) is 4.79 Å². The molecule has 272 valence electrons. The van der Waals surface area contributed by atoms with E-state index in [1.54, 1.807) is 24.3 Å². The standard InChI is InChI=1S/C37H41ClN8O4S2/c1-22(2)17-31(45-34(47)30(42)5-3-4-14-39)37(48)50-16-15-49-27-12-8-23(9-13-27)32-28(18-40)33(43)46-36(29(32)19-41)52-21-26-20-51-35(44-26)24-6-10-25(38)11-7-24/h6-13,20,22,30-31H,3-5,14-17,21,39,42H2,1-2H3,(H2,43,46)(H,45,47)/p+1. The third-order valence-electron chi connectivity index (χ3n) is 7.81. The summed E-state index contributed by atoms with van der Waals surface area (Å²) in [5.41, 5.74) is 19.1. The van der Waals surface area contributed by atoms with Crippen LogP contribution in [0.1, 0.15) is 56.4 Å². The third kappa shape index (κ3) is 11.1. The van der Waals surface area contributed by atoms with Crippen molar-refractivity contribution in [3.8, 4) is 39.6 Å². The number of nitrogens with one attached hydrogen (secondary N) is 1. The van der Waals surface area contributed by atoms with Crippen LogP contribution < -0.4 is 27.3 Å². The number of halogens is 1. The lowest BCUT2D eigenvalue weighted by molar-refractivity contribution is -0.368. The molecule has 0 radical (unpaired) electrons. The fourth-order valence-electron chi connectivity index (χ4n) is 5.19. The van der Waals surface area contributed by atoms with E-state index in [9.17, 15) is 20.1 Å². The lowest BCUT2D eigenvalue weighted by Crippen LogP contribution is -2.51. The molecule has 8 N–H and O–H groups in total. The van der Waals surface area contributed by atoms with Gasteiger partial charge in [0, 0.05) is 27.3 Å². The Bertz CT molecular complexity index is 1910. The number of thioether (sulfide) groups is 1. The van der Waals surface area contributed by atoms with Gasteiger partial charge in [0.2, 0.25) is 5.91 Å². The van der Waals surface area contributed by atoms with Gasteiger partial charge >= 0.3 is 5.97 Å². The molecule has 15 heteroatoms. The molecule has 0 aliphatic carbocycles. The van der Waals surface area contributed by atoms with Crippen molar-refractivity contribution in [3.63, 3.8) is 0 Å². The predicted molar refractivity (Wildman–Crippen MR) is 203 cm³/mol. The summed E-state index contributed by atoms with van der Waals surface area (Å²) in [5, 5.41) is 26.7. The molecule has 2 heterocycles. The number of nitriles is 2. The summed E-state index contributed by atoms with van der Waals surface area (Å²) in [5.74, 6) is 0.128. The number of unbranched alkanes of at least 4 members (excludes halogenated alkanes) is 1. The molecule has 1 amide bonds. The molecular formula is C37H42ClN8O4S2+. The number of hydrogen-bond acceptors (Lipinski definition) is 12. The Hall–Kier alpha value is -4.70. The Labute approximate surface area is 316 Å². The van der Waals surface area contributed by atoms with Gasteiger partial charge in [-0.25, -0.2) is 14.8 Å². The first kappa shape index (κ1) is 40.1. The van der Waals surface area contributed by atoms with Crippen molar-refractivity contribution in [2.45, 2.75) is 62.4 Å². The molecule has 0 bridgehead atoms. The minimum absolute atomic E-state index is 0.0178. The number of amides is 1. The number of quaternary nitrogens is 1. The number of nitrogen functional groups attached to an aromatic ring is 1. The molecule has 2 aromatic carbocycles. The van der Waals surface area contributed by atoms with Crippen LogP contribution in [0.5, 0.6) is 5.75 Å². The highest BCUT2D eigenvalue weighted by Crippen LogP contribution is 2.37. The fourth-order valence-corrected chi connectivity index (χ4v) is 7.13. The van der Waals surface area contributed by atoms with Gasteiger partial charge in [-0.05, 0) is 61.4 Å². The number of esters is 1. The van der Waals surface area contributed by atoms with Crippen molar-refractivity contribution in [1.82, 2.24) is 15.3 Å². The maximum Gasteiger partial charge on any atom is 0.328 e. The number of hydrogen-bond donors (Lipinski definition) is 4. The van der Waals surface area contributed by atoms with E-state index in [0.717, 1.165) is 35.7 Å². The lowest BCUT2D eigenvalue weighted by atomic mass is 9.97. The summed E-state index contributed by atoms with van der Waals surface area (Å²) in [4.78, 5) is 34.6. The maximum atomic E-state index is 12.9. The summed E-state index contributed by atoms with van der Waals surface area (Å²) in [7, 11) is 0. The zero-order valence-corrected chi connectivity index (χ0v) is 31.5. The number of pyridine rings is 1. The second-order valence-electron chi connectivity index (χ2n) is 12.3. The van der Waals surface area contributed by atoms with Gasteiger partial charge in [0.1, 0.15) is 58.6 Å². The van der Waals surface area contributed by atoms with E-state index in [2.05, 4.69) is 28.2 Å². The van der Waals surface area contributed by atoms with Crippen LogP contribution in [0.4, 0.5) is 5.82 Å². The molecule has 52 heavy (non-hydrogen) atoms. The number of carbonyl (C=O) groups is 2. The topological polar surface area (TPSA) is 218 Å². The number of carbonyl (C=O) groups excluding carboxylic acids is 2. The van der Waals surface area contributed by atoms with Crippen LogP contribution in [-0.2, 0) is 20.1 Å². The van der Waals surface area contributed by atoms with Crippen molar-refractivity contribution >= 4 is 52.4 Å². The van der Waals surface area contributed by atoms with Gasteiger partial charge in [0.05, 0.1) is 23.8 Å². The monoisotopic (exact) mass is 761 g/mol. The third-order valence-corrected chi connectivity index (χ3v) is 10.0. The largest absolute Gasteiger partial charge is 0.490 e. The number of ether oxygens (including phenoxy) is 2. The van der Waals surface area contributed by atoms with E-state index in [-0.39, 0.29) is 42.0 Å². The van der Waals surface area contributed by atoms with E-state index < -0.39 is 18.1 Å². The second-order valence-corrected chi connectivity index (χ2v) is 14.5. The van der Waals surface area contributed by atoms with Crippen LogP contribution in [0, 0.1) is 28.6 Å². The van der Waals surface area contributed by atoms with Gasteiger partial charge < -0.3 is 32.0 Å². The van der Waals surface area contributed by atoms with Crippen LogP contribution in [-0.4, -0.2) is 53.7 Å². The average molecular weight is 762 g/mol. The number of nitrogens with zero attached hydrogens (tertiary/aromatic N) is 4. The zero-order valence-electron chi connectivity index (χ0n) is 29.1. The normalized spacial score (nSPS) is 12.1. The van der Waals surface area contributed by atoms with Crippen molar-refractivity contribution in [3.05, 3.63) is 75.8 Å². The smallest absolute Gasteiger partial charge is 0.328 e. The summed E-state index contributed by atoms with van der Waals surface area (Å²) in [6, 6.07) is 17.0. The SMILES string of the molecule is CC(C)CC(NC(=O)C(N)CCCC[NH3+])C(=O)OCCOc1ccc(-c2c(C#N)c(N)nc(SCc3csc(-c4ccc(Cl)cc4)n3)c2C#N)cc1. The molecule has 2 aromatic heterocycles. The second kappa shape index (κ2) is 19.8. The fraction of sp³-hybridized carbons (Fsp3) is 0.351. The summed E-state index contributed by atoms with van der Waals surface area (Å²) >= 11 is 8.83. The van der Waals surface area contributed by atoms with Gasteiger partial charge in [0.25, 0.3) is 0 Å². The number of thiazole rings is 1. The first-order valence-corrected chi connectivity index (χ1v) is 19.0. The Kier molecular flexibility index (Phi) is 15.2. The highest BCUT2D eigenvalue weighted by atomic mass is 35.5. The van der Waals surface area contributed by atoms with Crippen LogP contribution in [0.2, 0.25) is 5.02 Å². The average Bonchev–Trinajstić information content (AvgIpc) is 3.61. The molecule has 12 nitrogen and oxygen atoms in total. The molecule has 0 aliphatic heterocycles. The molecular weight excluding hydrogens is 720 g/mol. The lowest BCUT2D eigenvalue weighted by Gasteiger charge is -2.21. The van der Waals surface area contributed by atoms with E-state index >= 15 is 0 Å². The van der Waals surface area contributed by atoms with Crippen LogP contribution in [0.25, 0.3) is 21.7 Å². The molecule has 0 saturated heterocycles. The van der Waals surface area contributed by atoms with Crippen molar-refractivity contribution in [2.24, 2.45) is 11.7 Å². The molecule has 2 atom stereocenters. The van der Waals surface area contributed by atoms with E-state index in [0.29, 0.717) is 45.5 Å². The van der Waals surface area contributed by atoms with Gasteiger partial charge in [-0.15, -0.1) is 11.3 Å². The molecule has 2 unspecified atom stereocenters. The maximum absolute atomic E-state index is 12.9. The predicted octanol–water partition coefficient (Wildman–Crippen LogP) is 5.34. The molecule has 0 fully saturated rings. The number of benzene rings is 2. The quantitative estimate of drug-likeness (QED) is 0.0577. The highest BCUT2D eigenvalue weighted by Gasteiger charge is 2.26. The molecule has 0 aliphatic rings. The molecule has 4 aromatic rings. The Morgan fingerprint density at radius 2 is 1.71 bits per heavy atom. The van der Waals surface area contributed by atoms with Crippen molar-refractivity contribution < 1.29 is 24.8 Å². The van der Waals surface area contributed by atoms with Gasteiger partial charge in [-0.1, -0.05) is 61.5 Å². The van der Waals surface area contributed by atoms with Crippen molar-refractivity contribution in [2.75, 3.05) is 25.5 Å². The van der Waals surface area contributed by atoms with Gasteiger partial charge in [0.15, 0.2) is 0 Å². The Balaban J connectivity index is 1.38. The number of aromatic nitrogens is 2. The number of nitrogens with two attached hydrogens (primary N) is 2. The Morgan fingerprint density at radius 1 is 1.02 bits per heavy atom.